The lowest BCUT2D eigenvalue weighted by molar-refractivity contribution is 0.158. The Morgan fingerprint density at radius 2 is 1.67 bits per heavy atom. The molecule has 33 heavy (non-hydrogen) atoms. The van der Waals surface area contributed by atoms with Crippen LogP contribution in [0.4, 0.5) is 0 Å². The van der Waals surface area contributed by atoms with Gasteiger partial charge in [-0.2, -0.15) is 0 Å². The van der Waals surface area contributed by atoms with Gasteiger partial charge in [-0.15, -0.1) is 0 Å². The van der Waals surface area contributed by atoms with Gasteiger partial charge in [0.25, 0.3) is 0 Å². The Kier molecular flexibility index (Phi) is 5.91. The van der Waals surface area contributed by atoms with Crippen molar-refractivity contribution < 1.29 is 35.1 Å². The fraction of sp³-hybridized carbons (Fsp3) is 0.240. The largest absolute Gasteiger partial charge is 0.507 e. The Morgan fingerprint density at radius 3 is 2.33 bits per heavy atom. The first kappa shape index (κ1) is 23.7. The van der Waals surface area contributed by atoms with Crippen molar-refractivity contribution in [2.24, 2.45) is 0 Å². The van der Waals surface area contributed by atoms with Gasteiger partial charge in [-0.05, 0) is 52.3 Å². The van der Waals surface area contributed by atoms with Crippen molar-refractivity contribution in [3.05, 3.63) is 57.3 Å². The van der Waals surface area contributed by atoms with Crippen LogP contribution in [0.1, 0.15) is 38.8 Å². The number of fused-ring (bicyclic) bond motifs is 3. The summed E-state index contributed by atoms with van der Waals surface area (Å²) >= 11 is 0. The molecule has 0 fully saturated rings. The summed E-state index contributed by atoms with van der Waals surface area (Å²) in [5.41, 5.74) is 0.683. The zero-order chi connectivity index (χ0) is 23.4. The predicted octanol–water partition coefficient (Wildman–Crippen LogP) is 4.15. The molecule has 0 atom stereocenters. The Bertz CT molecular complexity index is 1370. The molecule has 0 radical (unpaired) electrons. The van der Waals surface area contributed by atoms with E-state index in [0.717, 1.165) is 17.7 Å². The van der Waals surface area contributed by atoms with Gasteiger partial charge < -0.3 is 35.1 Å². The highest BCUT2D eigenvalue weighted by Crippen LogP contribution is 2.44. The predicted molar refractivity (Wildman–Crippen MR) is 125 cm³/mol. The van der Waals surface area contributed by atoms with E-state index in [2.05, 4.69) is 0 Å². The fourth-order valence-electron chi connectivity index (χ4n) is 3.68. The van der Waals surface area contributed by atoms with Gasteiger partial charge in [0.05, 0.1) is 11.1 Å². The molecule has 0 bridgehead atoms. The second kappa shape index (κ2) is 8.22. The Hall–Kier alpha value is -3.91. The van der Waals surface area contributed by atoms with Gasteiger partial charge in [0, 0.05) is 17.7 Å². The first-order valence-corrected chi connectivity index (χ1v) is 10.1. The fourth-order valence-corrected chi connectivity index (χ4v) is 3.68. The van der Waals surface area contributed by atoms with E-state index < -0.39 is 22.5 Å². The lowest BCUT2D eigenvalue weighted by atomic mass is 9.96. The molecule has 2 heterocycles. The molecule has 0 amide bonds. The standard InChI is InChI=1S/C25H24O7.H2O/c1-12(2)5-6-14-22(30)21-19(29)11-20-13(7-8-25(3,4)32-20)24(21)31-23(14)15-9-17(27)18(28)10-16(15)26;/h5,7-11,26-29H,6H2,1-4H3;1H2. The van der Waals surface area contributed by atoms with Crippen molar-refractivity contribution in [1.29, 1.82) is 0 Å². The van der Waals surface area contributed by atoms with Gasteiger partial charge in [0.1, 0.15) is 34.0 Å². The highest BCUT2D eigenvalue weighted by Gasteiger charge is 2.28. The molecule has 8 nitrogen and oxygen atoms in total. The van der Waals surface area contributed by atoms with Gasteiger partial charge in [-0.1, -0.05) is 11.6 Å². The van der Waals surface area contributed by atoms with Crippen molar-refractivity contribution in [3.63, 3.8) is 0 Å². The van der Waals surface area contributed by atoms with Gasteiger partial charge in [0.2, 0.25) is 5.43 Å². The number of hydrogen-bond donors (Lipinski definition) is 4. The molecule has 0 spiro atoms. The van der Waals surface area contributed by atoms with Crippen LogP contribution in [0.25, 0.3) is 28.4 Å². The maximum Gasteiger partial charge on any atom is 0.200 e. The van der Waals surface area contributed by atoms with Gasteiger partial charge in [-0.25, -0.2) is 0 Å². The highest BCUT2D eigenvalue weighted by atomic mass is 16.5. The lowest BCUT2D eigenvalue weighted by Crippen LogP contribution is -2.27. The molecular formula is C25H26O8. The van der Waals surface area contributed by atoms with Crippen LogP contribution in [0.15, 0.2) is 45.1 Å². The maximum absolute atomic E-state index is 13.5. The number of aromatic hydroxyl groups is 4. The van der Waals surface area contributed by atoms with Crippen LogP contribution in [-0.4, -0.2) is 31.5 Å². The summed E-state index contributed by atoms with van der Waals surface area (Å²) in [5, 5.41) is 40.9. The van der Waals surface area contributed by atoms with Gasteiger partial charge in [0.15, 0.2) is 17.1 Å². The van der Waals surface area contributed by atoms with E-state index in [-0.39, 0.29) is 51.3 Å². The minimum Gasteiger partial charge on any atom is -0.507 e. The SMILES string of the molecule is CC(C)=CCc1c(-c2cc(O)c(O)cc2O)oc2c3c(cc(O)c2c1=O)OC(C)(C)C=C3.O. The number of phenols is 4. The summed E-state index contributed by atoms with van der Waals surface area (Å²) in [4.78, 5) is 13.5. The molecule has 1 aromatic heterocycles. The van der Waals surface area contributed by atoms with E-state index in [0.29, 0.717) is 11.3 Å². The quantitative estimate of drug-likeness (QED) is 0.263. The third kappa shape index (κ3) is 4.12. The summed E-state index contributed by atoms with van der Waals surface area (Å²) in [5.74, 6) is -1.25. The zero-order valence-electron chi connectivity index (χ0n) is 18.7. The first-order chi connectivity index (χ1) is 15.0. The van der Waals surface area contributed by atoms with Crippen LogP contribution in [0.3, 0.4) is 0 Å². The zero-order valence-corrected chi connectivity index (χ0v) is 18.7. The number of hydrogen-bond acceptors (Lipinski definition) is 7. The molecule has 4 rings (SSSR count). The minimum absolute atomic E-state index is 0. The number of rotatable bonds is 3. The first-order valence-electron chi connectivity index (χ1n) is 10.1. The highest BCUT2D eigenvalue weighted by molar-refractivity contribution is 5.95. The molecule has 2 aromatic carbocycles. The van der Waals surface area contributed by atoms with E-state index in [4.69, 9.17) is 9.15 Å². The molecule has 0 unspecified atom stereocenters. The molecule has 8 heteroatoms. The summed E-state index contributed by atoms with van der Waals surface area (Å²) in [6.07, 6.45) is 5.57. The number of benzene rings is 2. The van der Waals surface area contributed by atoms with E-state index >= 15 is 0 Å². The Balaban J connectivity index is 0.00000306. The summed E-state index contributed by atoms with van der Waals surface area (Å²) in [6, 6.07) is 3.50. The van der Waals surface area contributed by atoms with Crippen molar-refractivity contribution in [1.82, 2.24) is 0 Å². The van der Waals surface area contributed by atoms with Crippen molar-refractivity contribution in [2.45, 2.75) is 39.7 Å². The van der Waals surface area contributed by atoms with Crippen LogP contribution in [0, 0.1) is 0 Å². The van der Waals surface area contributed by atoms with Crippen molar-refractivity contribution in [2.75, 3.05) is 0 Å². The minimum atomic E-state index is -0.610. The number of phenolic OH excluding ortho intramolecular Hbond substituents is 4. The summed E-state index contributed by atoms with van der Waals surface area (Å²) in [6.45, 7) is 7.47. The van der Waals surface area contributed by atoms with Crippen LogP contribution in [0.2, 0.25) is 0 Å². The van der Waals surface area contributed by atoms with Crippen LogP contribution >= 0.6 is 0 Å². The maximum atomic E-state index is 13.5. The molecule has 174 valence electrons. The second-order valence-corrected chi connectivity index (χ2v) is 8.63. The molecule has 1 aliphatic heterocycles. The topological polar surface area (TPSA) is 152 Å². The molecule has 0 aliphatic carbocycles. The van der Waals surface area contributed by atoms with Gasteiger partial charge >= 0.3 is 0 Å². The molecule has 3 aromatic rings. The van der Waals surface area contributed by atoms with E-state index in [1.54, 1.807) is 6.08 Å². The lowest BCUT2D eigenvalue weighted by Gasteiger charge is -2.28. The summed E-state index contributed by atoms with van der Waals surface area (Å²) in [7, 11) is 0. The summed E-state index contributed by atoms with van der Waals surface area (Å²) < 4.78 is 12.1. The monoisotopic (exact) mass is 454 g/mol. The van der Waals surface area contributed by atoms with Gasteiger partial charge in [-0.3, -0.25) is 4.79 Å². The average Bonchev–Trinajstić information content (AvgIpc) is 2.68. The smallest absolute Gasteiger partial charge is 0.200 e. The average molecular weight is 454 g/mol. The van der Waals surface area contributed by atoms with E-state index in [1.165, 1.54) is 6.07 Å². The van der Waals surface area contributed by atoms with E-state index in [1.807, 2.05) is 39.8 Å². The second-order valence-electron chi connectivity index (χ2n) is 8.63. The third-order valence-corrected chi connectivity index (χ3v) is 5.32. The Morgan fingerprint density at radius 1 is 1.00 bits per heavy atom. The number of ether oxygens (including phenoxy) is 1. The molecule has 1 aliphatic rings. The van der Waals surface area contributed by atoms with Crippen LogP contribution < -0.4 is 10.2 Å². The van der Waals surface area contributed by atoms with Crippen molar-refractivity contribution >= 4 is 17.0 Å². The molecule has 0 saturated heterocycles. The van der Waals surface area contributed by atoms with E-state index in [9.17, 15) is 25.2 Å². The third-order valence-electron chi connectivity index (χ3n) is 5.32. The Labute approximate surface area is 189 Å². The van der Waals surface area contributed by atoms with Crippen LogP contribution in [-0.2, 0) is 6.42 Å². The normalized spacial score (nSPS) is 13.7. The molecule has 0 saturated carbocycles. The number of allylic oxidation sites excluding steroid dienone is 2. The molecule has 6 N–H and O–H groups in total. The molecular weight excluding hydrogens is 428 g/mol. The van der Waals surface area contributed by atoms with Crippen LogP contribution in [0.5, 0.6) is 28.7 Å². The van der Waals surface area contributed by atoms with Crippen molar-refractivity contribution in [3.8, 4) is 40.1 Å².